The zero-order valence-electron chi connectivity index (χ0n) is 21.7. The number of rotatable bonds is 17. The number of hydrogen-bond acceptors (Lipinski definition) is 6. The summed E-state index contributed by atoms with van der Waals surface area (Å²) in [5.41, 5.74) is 6.33. The van der Waals surface area contributed by atoms with Crippen molar-refractivity contribution in [1.29, 1.82) is 0 Å². The predicted octanol–water partition coefficient (Wildman–Crippen LogP) is 2.10. The fourth-order valence-corrected chi connectivity index (χ4v) is 3.43. The van der Waals surface area contributed by atoms with E-state index in [1.54, 1.807) is 24.3 Å². The molecule has 0 unspecified atom stereocenters. The Labute approximate surface area is 208 Å². The van der Waals surface area contributed by atoms with Crippen molar-refractivity contribution >= 4 is 29.3 Å². The summed E-state index contributed by atoms with van der Waals surface area (Å²) in [5.74, 6) is -1.79. The van der Waals surface area contributed by atoms with Gasteiger partial charge in [-0.2, -0.15) is 0 Å². The van der Waals surface area contributed by atoms with Crippen LogP contribution in [0, 0.1) is 11.8 Å². The molecule has 0 fully saturated rings. The minimum absolute atomic E-state index is 0.0831. The van der Waals surface area contributed by atoms with Gasteiger partial charge in [-0.1, -0.05) is 32.9 Å². The molecule has 0 radical (unpaired) electrons. The Morgan fingerprint density at radius 2 is 1.86 bits per heavy atom. The second-order valence-corrected chi connectivity index (χ2v) is 8.65. The summed E-state index contributed by atoms with van der Waals surface area (Å²) < 4.78 is 12.4. The molecule has 0 aromatic heterocycles. The summed E-state index contributed by atoms with van der Waals surface area (Å²) in [6.45, 7) is 4.67. The normalized spacial score (nSPS) is 13.0. The number of carbonyl (C=O) groups excluding carboxylic acids is 4. The SMILES string of the molecule is [3H]CCCOCCC(=O)N[C@H](C(=O)C[C@@H](CCCNC(N)=O)C(=O)Nc1ccc(CO)cc1)C(C)C. The van der Waals surface area contributed by atoms with Gasteiger partial charge in [0, 0.05) is 39.0 Å². The smallest absolute Gasteiger partial charge is 0.312 e. The van der Waals surface area contributed by atoms with Crippen LogP contribution < -0.4 is 21.7 Å². The molecule has 1 aromatic rings. The van der Waals surface area contributed by atoms with Gasteiger partial charge in [0.15, 0.2) is 5.78 Å². The Kier molecular flexibility index (Phi) is 13.4. The molecule has 6 N–H and O–H groups in total. The van der Waals surface area contributed by atoms with Gasteiger partial charge < -0.3 is 31.5 Å². The highest BCUT2D eigenvalue weighted by Crippen LogP contribution is 2.19. The van der Waals surface area contributed by atoms with Crippen molar-refractivity contribution < 1.29 is 30.4 Å². The van der Waals surface area contributed by atoms with E-state index in [4.69, 9.17) is 11.8 Å². The molecule has 2 atom stereocenters. The highest BCUT2D eigenvalue weighted by atomic mass is 16.5. The molecule has 10 nitrogen and oxygen atoms in total. The number of aliphatic hydroxyl groups excluding tert-OH is 1. The molecule has 0 saturated heterocycles. The number of ketones is 1. The first-order valence-corrected chi connectivity index (χ1v) is 11.9. The third-order valence-electron chi connectivity index (χ3n) is 5.34. The van der Waals surface area contributed by atoms with Gasteiger partial charge in [0.25, 0.3) is 0 Å². The van der Waals surface area contributed by atoms with E-state index in [0.717, 1.165) is 0 Å². The lowest BCUT2D eigenvalue weighted by molar-refractivity contribution is -0.131. The maximum absolute atomic E-state index is 13.2. The first kappa shape index (κ1) is 28.3. The average molecular weight is 495 g/mol. The molecule has 196 valence electrons. The highest BCUT2D eigenvalue weighted by Gasteiger charge is 2.29. The van der Waals surface area contributed by atoms with Crippen molar-refractivity contribution in [3.8, 4) is 0 Å². The van der Waals surface area contributed by atoms with Gasteiger partial charge in [-0.05, 0) is 42.9 Å². The monoisotopic (exact) mass is 494 g/mol. The van der Waals surface area contributed by atoms with Gasteiger partial charge in [0.2, 0.25) is 11.8 Å². The van der Waals surface area contributed by atoms with Gasteiger partial charge in [-0.15, -0.1) is 0 Å². The van der Waals surface area contributed by atoms with Crippen LogP contribution in [0.3, 0.4) is 0 Å². The molecule has 0 saturated carbocycles. The summed E-state index contributed by atoms with van der Waals surface area (Å²) in [6, 6.07) is 5.29. The average Bonchev–Trinajstić information content (AvgIpc) is 2.84. The largest absolute Gasteiger partial charge is 0.392 e. The lowest BCUT2D eigenvalue weighted by atomic mass is 9.89. The van der Waals surface area contributed by atoms with Gasteiger partial charge in [-0.25, -0.2) is 4.79 Å². The Hall–Kier alpha value is -2.98. The zero-order chi connectivity index (χ0) is 26.9. The van der Waals surface area contributed by atoms with Crippen molar-refractivity contribution in [3.63, 3.8) is 0 Å². The van der Waals surface area contributed by atoms with Crippen LogP contribution in [0.25, 0.3) is 0 Å². The lowest BCUT2D eigenvalue weighted by Crippen LogP contribution is -2.45. The van der Waals surface area contributed by atoms with Gasteiger partial charge in [0.1, 0.15) is 0 Å². The quantitative estimate of drug-likeness (QED) is 0.209. The summed E-state index contributed by atoms with van der Waals surface area (Å²) in [5, 5.41) is 17.2. The summed E-state index contributed by atoms with van der Waals surface area (Å²) >= 11 is 0. The van der Waals surface area contributed by atoms with E-state index >= 15 is 0 Å². The Balaban J connectivity index is 2.81. The highest BCUT2D eigenvalue weighted by molar-refractivity contribution is 5.97. The number of amides is 4. The molecular formula is C25H40N4O6. The number of ether oxygens (including phenoxy) is 1. The maximum atomic E-state index is 13.2. The number of urea groups is 1. The van der Waals surface area contributed by atoms with Crippen molar-refractivity contribution in [2.24, 2.45) is 17.6 Å². The van der Waals surface area contributed by atoms with Crippen LogP contribution in [0.2, 0.25) is 0 Å². The van der Waals surface area contributed by atoms with Crippen LogP contribution in [0.4, 0.5) is 10.5 Å². The van der Waals surface area contributed by atoms with Crippen LogP contribution in [-0.4, -0.2) is 54.5 Å². The Morgan fingerprint density at radius 1 is 1.14 bits per heavy atom. The number of aliphatic hydroxyl groups is 1. The number of primary amides is 1. The topological polar surface area (TPSA) is 160 Å². The molecule has 35 heavy (non-hydrogen) atoms. The molecule has 0 bridgehead atoms. The molecule has 1 rings (SSSR count). The van der Waals surface area contributed by atoms with Gasteiger partial charge in [0.05, 0.1) is 19.3 Å². The fourth-order valence-electron chi connectivity index (χ4n) is 3.43. The molecule has 0 aliphatic heterocycles. The van der Waals surface area contributed by atoms with Crippen LogP contribution in [-0.2, 0) is 25.7 Å². The van der Waals surface area contributed by atoms with E-state index in [9.17, 15) is 24.3 Å². The lowest BCUT2D eigenvalue weighted by Gasteiger charge is -2.24. The van der Waals surface area contributed by atoms with E-state index < -0.39 is 18.0 Å². The molecule has 0 spiro atoms. The summed E-state index contributed by atoms with van der Waals surface area (Å²) in [4.78, 5) is 49.5. The number of carbonyl (C=O) groups is 4. The zero-order valence-corrected chi connectivity index (χ0v) is 20.7. The maximum Gasteiger partial charge on any atom is 0.312 e. The van der Waals surface area contributed by atoms with E-state index in [2.05, 4.69) is 16.0 Å². The predicted molar refractivity (Wildman–Crippen MR) is 133 cm³/mol. The minimum Gasteiger partial charge on any atom is -0.392 e. The first-order valence-electron chi connectivity index (χ1n) is 12.6. The van der Waals surface area contributed by atoms with Crippen LogP contribution >= 0.6 is 0 Å². The number of nitrogens with one attached hydrogen (secondary N) is 3. The molecule has 0 heterocycles. The Bertz CT molecular complexity index is 834. The van der Waals surface area contributed by atoms with Crippen molar-refractivity contribution in [2.75, 3.05) is 25.1 Å². The van der Waals surface area contributed by atoms with E-state index in [-0.39, 0.29) is 63.0 Å². The summed E-state index contributed by atoms with van der Waals surface area (Å²) in [7, 11) is 0. The molecule has 0 aliphatic rings. The molecule has 0 aliphatic carbocycles. The van der Waals surface area contributed by atoms with Crippen molar-refractivity contribution in [1.82, 2.24) is 10.6 Å². The molecule has 10 heteroatoms. The van der Waals surface area contributed by atoms with Crippen LogP contribution in [0.1, 0.15) is 59.8 Å². The molecule has 4 amide bonds. The second-order valence-electron chi connectivity index (χ2n) is 8.65. The van der Waals surface area contributed by atoms with E-state index in [1.165, 1.54) is 0 Å². The van der Waals surface area contributed by atoms with E-state index in [0.29, 0.717) is 37.1 Å². The van der Waals surface area contributed by atoms with Crippen molar-refractivity contribution in [2.45, 2.75) is 65.5 Å². The van der Waals surface area contributed by atoms with Gasteiger partial charge >= 0.3 is 6.03 Å². The standard InChI is InChI=1S/C25H40N4O6/c1-4-13-35-14-11-22(32)29-23(17(2)3)21(31)15-19(6-5-12-27-25(26)34)24(33)28-20-9-7-18(16-30)8-10-20/h7-10,17,19,23,30H,4-6,11-16H2,1-3H3,(H,28,33)(H,29,32)(H3,26,27,34)/t19-,23+/m1/s1/i1T. The first-order chi connectivity index (χ1) is 17.2. The number of benzene rings is 1. The van der Waals surface area contributed by atoms with Gasteiger partial charge in [-0.3, -0.25) is 14.4 Å². The third kappa shape index (κ3) is 12.3. The second kappa shape index (κ2) is 16.6. The fraction of sp³-hybridized carbons (Fsp3) is 0.600. The minimum atomic E-state index is -0.756. The van der Waals surface area contributed by atoms with Crippen LogP contribution in [0.5, 0.6) is 0 Å². The molecule has 1 aromatic carbocycles. The number of anilines is 1. The number of nitrogens with two attached hydrogens (primary N) is 1. The third-order valence-corrected chi connectivity index (χ3v) is 5.34. The summed E-state index contributed by atoms with van der Waals surface area (Å²) in [6.07, 6.45) is 1.38. The van der Waals surface area contributed by atoms with Crippen molar-refractivity contribution in [3.05, 3.63) is 29.8 Å². The number of hydrogen-bond donors (Lipinski definition) is 5. The van der Waals surface area contributed by atoms with E-state index in [1.807, 2.05) is 13.8 Å². The van der Waals surface area contributed by atoms with Crippen LogP contribution in [0.15, 0.2) is 24.3 Å². The number of Topliss-reactive ketones (excluding diaryl/α,β-unsaturated/α-hetero) is 1. The Morgan fingerprint density at radius 3 is 2.46 bits per heavy atom. The molecular weight excluding hydrogens is 452 g/mol.